The number of hydrogen-bond donors (Lipinski definition) is 0. The van der Waals surface area contributed by atoms with Crippen LogP contribution < -0.4 is 13.8 Å². The van der Waals surface area contributed by atoms with Crippen LogP contribution in [0.5, 0.6) is 11.5 Å². The number of pyridine rings is 1. The van der Waals surface area contributed by atoms with Crippen molar-refractivity contribution in [2.24, 2.45) is 0 Å². The summed E-state index contributed by atoms with van der Waals surface area (Å²) in [6, 6.07) is 8.16. The van der Waals surface area contributed by atoms with E-state index in [9.17, 15) is 8.42 Å². The van der Waals surface area contributed by atoms with E-state index in [4.69, 9.17) is 21.1 Å². The van der Waals surface area contributed by atoms with E-state index in [1.54, 1.807) is 32.2 Å². The van der Waals surface area contributed by atoms with Crippen molar-refractivity contribution in [3.05, 3.63) is 65.3 Å². The van der Waals surface area contributed by atoms with Gasteiger partial charge in [-0.15, -0.1) is 0 Å². The second-order valence-electron chi connectivity index (χ2n) is 6.04. The third-order valence-electron chi connectivity index (χ3n) is 4.21. The van der Waals surface area contributed by atoms with Gasteiger partial charge in [-0.25, -0.2) is 27.7 Å². The standard InChI is InChI=1S/C19H19ClN4O4S/c1-13-8-16(10-22-19(13)20)29(25,26)24(18-6-7-21-12-23-18)11-14-4-5-15(27-2)9-17(14)28-3/h4-10,12H,11H2,1-3H3. The number of benzene rings is 1. The number of sulfonamides is 1. The maximum absolute atomic E-state index is 13.4. The van der Waals surface area contributed by atoms with Crippen LogP contribution in [0.15, 0.2) is 53.9 Å². The SMILES string of the molecule is COc1ccc(CN(c2ccncn2)S(=O)(=O)c2cnc(Cl)c(C)c2)c(OC)c1. The minimum Gasteiger partial charge on any atom is -0.497 e. The molecule has 0 amide bonds. The third kappa shape index (κ3) is 4.41. The largest absolute Gasteiger partial charge is 0.497 e. The van der Waals surface area contributed by atoms with Gasteiger partial charge in [-0.1, -0.05) is 11.6 Å². The van der Waals surface area contributed by atoms with Gasteiger partial charge < -0.3 is 9.47 Å². The molecule has 0 atom stereocenters. The molecule has 8 nitrogen and oxygen atoms in total. The number of anilines is 1. The van der Waals surface area contributed by atoms with Crippen molar-refractivity contribution in [3.63, 3.8) is 0 Å². The monoisotopic (exact) mass is 434 g/mol. The van der Waals surface area contributed by atoms with Crippen LogP contribution in [0.25, 0.3) is 0 Å². The molecule has 2 aromatic heterocycles. The Balaban J connectivity index is 2.10. The second-order valence-corrected chi connectivity index (χ2v) is 8.26. The van der Waals surface area contributed by atoms with Crippen LogP contribution in [-0.2, 0) is 16.6 Å². The molecular formula is C19H19ClN4O4S. The zero-order valence-electron chi connectivity index (χ0n) is 16.0. The van der Waals surface area contributed by atoms with Crippen molar-refractivity contribution >= 4 is 27.4 Å². The zero-order chi connectivity index (χ0) is 21.0. The fourth-order valence-electron chi connectivity index (χ4n) is 2.66. The van der Waals surface area contributed by atoms with Gasteiger partial charge in [-0.3, -0.25) is 0 Å². The minimum atomic E-state index is -4.00. The summed E-state index contributed by atoms with van der Waals surface area (Å²) in [6.07, 6.45) is 3.99. The zero-order valence-corrected chi connectivity index (χ0v) is 17.6. The highest BCUT2D eigenvalue weighted by Crippen LogP contribution is 2.30. The number of rotatable bonds is 7. The van der Waals surface area contributed by atoms with Gasteiger partial charge in [0.15, 0.2) is 0 Å². The van der Waals surface area contributed by atoms with Gasteiger partial charge in [0.1, 0.15) is 33.7 Å². The van der Waals surface area contributed by atoms with E-state index in [-0.39, 0.29) is 22.4 Å². The first kappa shape index (κ1) is 20.8. The highest BCUT2D eigenvalue weighted by atomic mass is 35.5. The molecule has 0 fully saturated rings. The average molecular weight is 435 g/mol. The average Bonchev–Trinajstić information content (AvgIpc) is 2.74. The summed E-state index contributed by atoms with van der Waals surface area (Å²) in [4.78, 5) is 12.0. The Bertz CT molecular complexity index is 1110. The summed E-state index contributed by atoms with van der Waals surface area (Å²) >= 11 is 5.96. The Kier molecular flexibility index (Phi) is 6.19. The first-order chi connectivity index (χ1) is 13.9. The van der Waals surface area contributed by atoms with Crippen LogP contribution >= 0.6 is 11.6 Å². The molecule has 0 aliphatic heterocycles. The van der Waals surface area contributed by atoms with Gasteiger partial charge in [0.2, 0.25) is 0 Å². The quantitative estimate of drug-likeness (QED) is 0.527. The number of nitrogens with zero attached hydrogens (tertiary/aromatic N) is 4. The van der Waals surface area contributed by atoms with Crippen LogP contribution in [0.3, 0.4) is 0 Å². The Morgan fingerprint density at radius 2 is 1.90 bits per heavy atom. The summed E-state index contributed by atoms with van der Waals surface area (Å²) in [5, 5.41) is 0.245. The summed E-state index contributed by atoms with van der Waals surface area (Å²) in [5.74, 6) is 1.30. The van der Waals surface area contributed by atoms with Crippen LogP contribution in [-0.4, -0.2) is 37.6 Å². The van der Waals surface area contributed by atoms with Gasteiger partial charge in [0.05, 0.1) is 20.8 Å². The van der Waals surface area contributed by atoms with Gasteiger partial charge in [0.25, 0.3) is 10.0 Å². The smallest absolute Gasteiger partial charge is 0.267 e. The third-order valence-corrected chi connectivity index (χ3v) is 6.32. The Morgan fingerprint density at radius 3 is 2.52 bits per heavy atom. The number of aryl methyl sites for hydroxylation is 1. The van der Waals surface area contributed by atoms with Crippen LogP contribution in [0.1, 0.15) is 11.1 Å². The maximum atomic E-state index is 13.4. The number of methoxy groups -OCH3 is 2. The molecule has 3 rings (SSSR count). The molecule has 3 aromatic rings. The molecule has 10 heteroatoms. The molecule has 0 radical (unpaired) electrons. The highest BCUT2D eigenvalue weighted by Gasteiger charge is 2.28. The molecule has 2 heterocycles. The van der Waals surface area contributed by atoms with Crippen molar-refractivity contribution in [2.45, 2.75) is 18.4 Å². The number of halogens is 1. The summed E-state index contributed by atoms with van der Waals surface area (Å²) in [7, 11) is -0.945. The Hall–Kier alpha value is -2.91. The molecule has 1 aromatic carbocycles. The van der Waals surface area contributed by atoms with E-state index >= 15 is 0 Å². The molecule has 29 heavy (non-hydrogen) atoms. The van der Waals surface area contributed by atoms with Crippen molar-refractivity contribution < 1.29 is 17.9 Å². The van der Waals surface area contributed by atoms with Crippen LogP contribution in [0, 0.1) is 6.92 Å². The lowest BCUT2D eigenvalue weighted by Gasteiger charge is -2.24. The number of ether oxygens (including phenoxy) is 2. The summed E-state index contributed by atoms with van der Waals surface area (Å²) in [6.45, 7) is 1.67. The maximum Gasteiger partial charge on any atom is 0.267 e. The van der Waals surface area contributed by atoms with Gasteiger partial charge in [0, 0.05) is 30.1 Å². The summed E-state index contributed by atoms with van der Waals surface area (Å²) in [5.41, 5.74) is 1.19. The van der Waals surface area contributed by atoms with Gasteiger partial charge >= 0.3 is 0 Å². The minimum absolute atomic E-state index is 0.00508. The first-order valence-corrected chi connectivity index (χ1v) is 10.3. The van der Waals surface area contributed by atoms with Crippen molar-refractivity contribution in [1.29, 1.82) is 0 Å². The molecule has 0 N–H and O–H groups in total. The molecule has 0 saturated carbocycles. The fourth-order valence-corrected chi connectivity index (χ4v) is 4.19. The molecule has 0 bridgehead atoms. The van der Waals surface area contributed by atoms with E-state index in [0.717, 1.165) is 0 Å². The lowest BCUT2D eigenvalue weighted by Crippen LogP contribution is -2.31. The molecule has 0 aliphatic rings. The Labute approximate surface area is 174 Å². The lowest BCUT2D eigenvalue weighted by atomic mass is 10.2. The lowest BCUT2D eigenvalue weighted by molar-refractivity contribution is 0.391. The van der Waals surface area contributed by atoms with Crippen LogP contribution in [0.4, 0.5) is 5.82 Å². The van der Waals surface area contributed by atoms with Crippen LogP contribution in [0.2, 0.25) is 5.15 Å². The van der Waals surface area contributed by atoms with Crippen molar-refractivity contribution in [2.75, 3.05) is 18.5 Å². The highest BCUT2D eigenvalue weighted by molar-refractivity contribution is 7.92. The number of aromatic nitrogens is 3. The van der Waals surface area contributed by atoms with E-state index in [1.165, 1.54) is 42.3 Å². The second kappa shape index (κ2) is 8.62. The predicted octanol–water partition coefficient (Wildman–Crippen LogP) is 3.25. The van der Waals surface area contributed by atoms with Crippen molar-refractivity contribution in [3.8, 4) is 11.5 Å². The molecule has 0 unspecified atom stereocenters. The number of hydrogen-bond acceptors (Lipinski definition) is 7. The normalized spacial score (nSPS) is 11.2. The predicted molar refractivity (Wildman–Crippen MR) is 109 cm³/mol. The van der Waals surface area contributed by atoms with Gasteiger partial charge in [-0.2, -0.15) is 0 Å². The molecule has 152 valence electrons. The van der Waals surface area contributed by atoms with E-state index in [2.05, 4.69) is 15.0 Å². The van der Waals surface area contributed by atoms with Crippen molar-refractivity contribution in [1.82, 2.24) is 15.0 Å². The first-order valence-electron chi connectivity index (χ1n) is 8.48. The van der Waals surface area contributed by atoms with E-state index in [0.29, 0.717) is 22.6 Å². The Morgan fingerprint density at radius 1 is 1.10 bits per heavy atom. The molecule has 0 saturated heterocycles. The molecule has 0 aliphatic carbocycles. The van der Waals surface area contributed by atoms with Gasteiger partial charge in [-0.05, 0) is 30.7 Å². The topological polar surface area (TPSA) is 94.5 Å². The summed E-state index contributed by atoms with van der Waals surface area (Å²) < 4.78 is 38.7. The fraction of sp³-hybridized carbons (Fsp3) is 0.211. The van der Waals surface area contributed by atoms with E-state index < -0.39 is 10.0 Å². The van der Waals surface area contributed by atoms with E-state index in [1.807, 2.05) is 0 Å². The molecule has 0 spiro atoms. The molecular weight excluding hydrogens is 416 g/mol.